The van der Waals surface area contributed by atoms with Gasteiger partial charge in [0.05, 0.1) is 6.54 Å². The van der Waals surface area contributed by atoms with Gasteiger partial charge in [0.15, 0.2) is 5.96 Å². The Morgan fingerprint density at radius 2 is 1.90 bits per heavy atom. The molecule has 0 bridgehead atoms. The third-order valence-corrected chi connectivity index (χ3v) is 3.26. The van der Waals surface area contributed by atoms with Gasteiger partial charge in [-0.15, -0.1) is 24.0 Å². The van der Waals surface area contributed by atoms with Crippen LogP contribution in [0.5, 0.6) is 0 Å². The van der Waals surface area contributed by atoms with E-state index in [1.807, 2.05) is 36.4 Å². The molecule has 0 aromatic heterocycles. The number of para-hydroxylation sites is 1. The van der Waals surface area contributed by atoms with Crippen LogP contribution in [0.15, 0.2) is 58.0 Å². The second-order valence-corrected chi connectivity index (χ2v) is 5.18. The number of halogens is 2. The largest absolute Gasteiger partial charge is 0.370 e. The van der Waals surface area contributed by atoms with E-state index in [4.69, 9.17) is 5.73 Å². The van der Waals surface area contributed by atoms with Crippen molar-refractivity contribution in [3.63, 3.8) is 0 Å². The number of hydrogen-bond acceptors (Lipinski definition) is 1. The summed E-state index contributed by atoms with van der Waals surface area (Å²) in [6.07, 6.45) is 0. The summed E-state index contributed by atoms with van der Waals surface area (Å²) in [5, 5.41) is 3.06. The topological polar surface area (TPSA) is 50.4 Å². The Labute approximate surface area is 144 Å². The van der Waals surface area contributed by atoms with E-state index in [1.54, 1.807) is 0 Å². The highest BCUT2D eigenvalue weighted by Crippen LogP contribution is 2.16. The zero-order valence-corrected chi connectivity index (χ0v) is 15.1. The summed E-state index contributed by atoms with van der Waals surface area (Å²) in [4.78, 5) is 4.35. The van der Waals surface area contributed by atoms with Crippen LogP contribution in [-0.2, 0) is 6.54 Å². The van der Waals surface area contributed by atoms with Gasteiger partial charge >= 0.3 is 0 Å². The lowest BCUT2D eigenvalue weighted by atomic mass is 10.1. The van der Waals surface area contributed by atoms with Crippen LogP contribution in [-0.4, -0.2) is 5.96 Å². The number of aryl methyl sites for hydroxylation is 1. The Morgan fingerprint density at radius 3 is 2.55 bits per heavy atom. The van der Waals surface area contributed by atoms with Crippen molar-refractivity contribution < 1.29 is 0 Å². The van der Waals surface area contributed by atoms with E-state index in [0.717, 1.165) is 10.2 Å². The Bertz CT molecular complexity index is 585. The van der Waals surface area contributed by atoms with Gasteiger partial charge in [-0.2, -0.15) is 0 Å². The summed E-state index contributed by atoms with van der Waals surface area (Å²) >= 11 is 3.45. The maximum absolute atomic E-state index is 5.86. The van der Waals surface area contributed by atoms with Crippen LogP contribution in [0.2, 0.25) is 0 Å². The van der Waals surface area contributed by atoms with Crippen molar-refractivity contribution in [2.45, 2.75) is 13.5 Å². The van der Waals surface area contributed by atoms with Crippen molar-refractivity contribution in [1.29, 1.82) is 0 Å². The van der Waals surface area contributed by atoms with Crippen LogP contribution in [0.3, 0.4) is 0 Å². The molecular weight excluding hydrogens is 429 g/mol. The SMILES string of the molecule is Cc1cc(Br)ccc1CN=C(N)Nc1ccccc1.I. The Balaban J connectivity index is 0.00000200. The predicted octanol–water partition coefficient (Wildman–Crippen LogP) is 4.30. The number of nitrogens with one attached hydrogen (secondary N) is 1. The summed E-state index contributed by atoms with van der Waals surface area (Å²) in [5.41, 5.74) is 9.17. The van der Waals surface area contributed by atoms with Crippen molar-refractivity contribution in [2.24, 2.45) is 10.7 Å². The van der Waals surface area contributed by atoms with Crippen LogP contribution < -0.4 is 11.1 Å². The first kappa shape index (κ1) is 17.0. The summed E-state index contributed by atoms with van der Waals surface area (Å²) in [6, 6.07) is 15.9. The number of rotatable bonds is 3. The molecule has 0 heterocycles. The molecule has 2 aromatic carbocycles. The van der Waals surface area contributed by atoms with Gasteiger partial charge in [-0.05, 0) is 42.3 Å². The van der Waals surface area contributed by atoms with Gasteiger partial charge in [-0.3, -0.25) is 0 Å². The van der Waals surface area contributed by atoms with E-state index in [9.17, 15) is 0 Å². The zero-order valence-electron chi connectivity index (χ0n) is 11.1. The van der Waals surface area contributed by atoms with E-state index in [-0.39, 0.29) is 24.0 Å². The molecule has 2 aromatic rings. The Hall–Kier alpha value is -1.08. The van der Waals surface area contributed by atoms with Crippen LogP contribution >= 0.6 is 39.9 Å². The van der Waals surface area contributed by atoms with Gasteiger partial charge < -0.3 is 11.1 Å². The van der Waals surface area contributed by atoms with E-state index in [0.29, 0.717) is 12.5 Å². The quantitative estimate of drug-likeness (QED) is 0.420. The zero-order chi connectivity index (χ0) is 13.7. The molecule has 3 N–H and O–H groups in total. The highest BCUT2D eigenvalue weighted by molar-refractivity contribution is 14.0. The third-order valence-electron chi connectivity index (χ3n) is 2.77. The highest BCUT2D eigenvalue weighted by atomic mass is 127. The summed E-state index contributed by atoms with van der Waals surface area (Å²) < 4.78 is 1.08. The average molecular weight is 446 g/mol. The maximum atomic E-state index is 5.86. The summed E-state index contributed by atoms with van der Waals surface area (Å²) in [6.45, 7) is 2.64. The number of nitrogens with two attached hydrogens (primary N) is 1. The molecule has 0 saturated carbocycles. The predicted molar refractivity (Wildman–Crippen MR) is 99.7 cm³/mol. The van der Waals surface area contributed by atoms with Gasteiger partial charge in [0.2, 0.25) is 0 Å². The molecule has 0 saturated heterocycles. The minimum absolute atomic E-state index is 0. The Morgan fingerprint density at radius 1 is 1.20 bits per heavy atom. The standard InChI is InChI=1S/C15H16BrN3.HI/c1-11-9-13(16)8-7-12(11)10-18-15(17)19-14-5-3-2-4-6-14;/h2-9H,10H2,1H3,(H3,17,18,19);1H. The smallest absolute Gasteiger partial charge is 0.193 e. The summed E-state index contributed by atoms with van der Waals surface area (Å²) in [7, 11) is 0. The third kappa shape index (κ3) is 5.13. The van der Waals surface area contributed by atoms with Crippen molar-refractivity contribution in [2.75, 3.05) is 5.32 Å². The fraction of sp³-hybridized carbons (Fsp3) is 0.133. The van der Waals surface area contributed by atoms with Crippen LogP contribution in [0.4, 0.5) is 5.69 Å². The molecule has 0 fully saturated rings. The molecule has 0 atom stereocenters. The molecule has 0 spiro atoms. The molecule has 3 nitrogen and oxygen atoms in total. The van der Waals surface area contributed by atoms with E-state index < -0.39 is 0 Å². The van der Waals surface area contributed by atoms with Gasteiger partial charge in [-0.25, -0.2) is 4.99 Å². The van der Waals surface area contributed by atoms with Crippen molar-refractivity contribution in [1.82, 2.24) is 0 Å². The van der Waals surface area contributed by atoms with Gasteiger partial charge in [-0.1, -0.05) is 40.2 Å². The molecule has 0 radical (unpaired) electrons. The number of hydrogen-bond donors (Lipinski definition) is 2. The minimum Gasteiger partial charge on any atom is -0.370 e. The summed E-state index contributed by atoms with van der Waals surface area (Å²) in [5.74, 6) is 0.425. The van der Waals surface area contributed by atoms with Gasteiger partial charge in [0, 0.05) is 10.2 Å². The minimum atomic E-state index is 0. The second kappa shape index (κ2) is 8.26. The first-order valence-electron chi connectivity index (χ1n) is 6.02. The molecule has 0 aliphatic carbocycles. The van der Waals surface area contributed by atoms with Crippen LogP contribution in [0.1, 0.15) is 11.1 Å². The maximum Gasteiger partial charge on any atom is 0.193 e. The van der Waals surface area contributed by atoms with Gasteiger partial charge in [0.25, 0.3) is 0 Å². The van der Waals surface area contributed by atoms with Crippen LogP contribution in [0.25, 0.3) is 0 Å². The fourth-order valence-corrected chi connectivity index (χ4v) is 2.19. The molecule has 5 heteroatoms. The number of anilines is 1. The molecule has 106 valence electrons. The lowest BCUT2D eigenvalue weighted by Crippen LogP contribution is -2.22. The number of aliphatic imine (C=N–C) groups is 1. The van der Waals surface area contributed by atoms with Crippen LogP contribution in [0, 0.1) is 6.92 Å². The van der Waals surface area contributed by atoms with Crippen molar-refractivity contribution in [3.05, 3.63) is 64.1 Å². The molecule has 0 aliphatic heterocycles. The molecule has 2 rings (SSSR count). The number of nitrogens with zero attached hydrogens (tertiary/aromatic N) is 1. The molecule has 0 unspecified atom stereocenters. The lowest BCUT2D eigenvalue weighted by Gasteiger charge is -2.07. The van der Waals surface area contributed by atoms with E-state index >= 15 is 0 Å². The first-order chi connectivity index (χ1) is 9.15. The van der Waals surface area contributed by atoms with Crippen molar-refractivity contribution in [3.8, 4) is 0 Å². The molecular formula is C15H17BrIN3. The Kier molecular flexibility index (Phi) is 7.01. The highest BCUT2D eigenvalue weighted by Gasteiger charge is 1.99. The molecule has 0 amide bonds. The normalized spacial score (nSPS) is 10.8. The molecule has 0 aliphatic rings. The lowest BCUT2D eigenvalue weighted by molar-refractivity contribution is 1.04. The monoisotopic (exact) mass is 445 g/mol. The van der Waals surface area contributed by atoms with E-state index in [1.165, 1.54) is 11.1 Å². The fourth-order valence-electron chi connectivity index (χ4n) is 1.72. The average Bonchev–Trinajstić information content (AvgIpc) is 2.39. The number of guanidine groups is 1. The molecule has 20 heavy (non-hydrogen) atoms. The second-order valence-electron chi connectivity index (χ2n) is 4.26. The van der Waals surface area contributed by atoms with Gasteiger partial charge in [0.1, 0.15) is 0 Å². The number of benzene rings is 2. The van der Waals surface area contributed by atoms with Crippen molar-refractivity contribution >= 4 is 51.6 Å². The van der Waals surface area contributed by atoms with E-state index in [2.05, 4.69) is 45.3 Å². The first-order valence-corrected chi connectivity index (χ1v) is 6.81.